The van der Waals surface area contributed by atoms with Gasteiger partial charge in [0.05, 0.1) is 12.5 Å². The third-order valence-corrected chi connectivity index (χ3v) is 7.40. The molecule has 1 aromatic rings. The molecule has 0 aromatic carbocycles. The van der Waals surface area contributed by atoms with Crippen LogP contribution in [-0.4, -0.2) is 38.4 Å². The lowest BCUT2D eigenvalue weighted by molar-refractivity contribution is -0.142. The van der Waals surface area contributed by atoms with Gasteiger partial charge in [-0.05, 0) is 36.6 Å². The standard InChI is InChI=1S/C13H17NO4S2/c15-13-11(5-8-18-13)10-3-6-14(7-4-10)20(16,17)12-2-1-9-19-12/h1-2,9-11H,3-8H2. The molecule has 1 atom stereocenters. The third-order valence-electron chi connectivity index (χ3n) is 4.13. The van der Waals surface area contributed by atoms with Gasteiger partial charge < -0.3 is 4.74 Å². The zero-order chi connectivity index (χ0) is 14.2. The van der Waals surface area contributed by atoms with Gasteiger partial charge in [0, 0.05) is 13.1 Å². The van der Waals surface area contributed by atoms with Crippen molar-refractivity contribution in [2.45, 2.75) is 23.5 Å². The van der Waals surface area contributed by atoms with Crippen molar-refractivity contribution in [2.75, 3.05) is 19.7 Å². The Labute approximate surface area is 122 Å². The first-order chi connectivity index (χ1) is 9.59. The summed E-state index contributed by atoms with van der Waals surface area (Å²) in [6, 6.07) is 3.39. The van der Waals surface area contributed by atoms with Crippen LogP contribution in [0.15, 0.2) is 21.7 Å². The Hall–Kier alpha value is -0.920. The molecule has 0 radical (unpaired) electrons. The SMILES string of the molecule is O=C1OCCC1C1CCN(S(=O)(=O)c2cccs2)CC1. The summed E-state index contributed by atoms with van der Waals surface area (Å²) in [5.74, 6) is 0.131. The summed E-state index contributed by atoms with van der Waals surface area (Å²) in [6.07, 6.45) is 2.26. The van der Waals surface area contributed by atoms with Gasteiger partial charge >= 0.3 is 5.97 Å². The van der Waals surface area contributed by atoms with Crippen LogP contribution in [0.1, 0.15) is 19.3 Å². The number of nitrogens with zero attached hydrogens (tertiary/aromatic N) is 1. The summed E-state index contributed by atoms with van der Waals surface area (Å²) in [5, 5.41) is 1.77. The number of hydrogen-bond acceptors (Lipinski definition) is 5. The van der Waals surface area contributed by atoms with Crippen LogP contribution in [0.2, 0.25) is 0 Å². The van der Waals surface area contributed by atoms with Crippen molar-refractivity contribution in [3.8, 4) is 0 Å². The number of cyclic esters (lactones) is 1. The van der Waals surface area contributed by atoms with Crippen LogP contribution in [0.25, 0.3) is 0 Å². The number of sulfonamides is 1. The summed E-state index contributed by atoms with van der Waals surface area (Å²) in [5.41, 5.74) is 0. The molecule has 1 aromatic heterocycles. The highest BCUT2D eigenvalue weighted by molar-refractivity contribution is 7.91. The number of thiophene rings is 1. The number of piperidine rings is 1. The number of esters is 1. The van der Waals surface area contributed by atoms with Crippen LogP contribution in [0, 0.1) is 11.8 Å². The molecule has 2 aliphatic heterocycles. The van der Waals surface area contributed by atoms with Gasteiger partial charge in [0.1, 0.15) is 4.21 Å². The van der Waals surface area contributed by atoms with Crippen LogP contribution < -0.4 is 0 Å². The molecule has 110 valence electrons. The average molecular weight is 315 g/mol. The predicted molar refractivity (Wildman–Crippen MR) is 74.9 cm³/mol. The normalized spacial score (nSPS) is 25.8. The minimum Gasteiger partial charge on any atom is -0.465 e. The second kappa shape index (κ2) is 5.46. The summed E-state index contributed by atoms with van der Waals surface area (Å²) >= 11 is 1.25. The number of rotatable bonds is 3. The topological polar surface area (TPSA) is 63.7 Å². The van der Waals surface area contributed by atoms with E-state index < -0.39 is 10.0 Å². The highest BCUT2D eigenvalue weighted by Crippen LogP contribution is 2.33. The number of carbonyl (C=O) groups is 1. The molecule has 0 aliphatic carbocycles. The lowest BCUT2D eigenvalue weighted by Crippen LogP contribution is -2.40. The Kier molecular flexibility index (Phi) is 3.83. The van der Waals surface area contributed by atoms with E-state index in [0.717, 1.165) is 19.3 Å². The van der Waals surface area contributed by atoms with Gasteiger partial charge in [0.25, 0.3) is 10.0 Å². The van der Waals surface area contributed by atoms with Crippen LogP contribution >= 0.6 is 11.3 Å². The maximum atomic E-state index is 12.4. The van der Waals surface area contributed by atoms with Crippen LogP contribution in [0.5, 0.6) is 0 Å². The van der Waals surface area contributed by atoms with Crippen molar-refractivity contribution in [3.63, 3.8) is 0 Å². The fourth-order valence-corrected chi connectivity index (χ4v) is 5.61. The zero-order valence-corrected chi connectivity index (χ0v) is 12.7. The molecular formula is C13H17NO4S2. The second-order valence-electron chi connectivity index (χ2n) is 5.24. The van der Waals surface area contributed by atoms with E-state index in [9.17, 15) is 13.2 Å². The minimum atomic E-state index is -3.34. The quantitative estimate of drug-likeness (QED) is 0.797. The van der Waals surface area contributed by atoms with Gasteiger partial charge in [-0.1, -0.05) is 6.07 Å². The van der Waals surface area contributed by atoms with Crippen molar-refractivity contribution in [1.82, 2.24) is 4.31 Å². The molecule has 7 heteroatoms. The van der Waals surface area contributed by atoms with Gasteiger partial charge in [0.2, 0.25) is 0 Å². The van der Waals surface area contributed by atoms with Crippen LogP contribution in [0.4, 0.5) is 0 Å². The fraction of sp³-hybridized carbons (Fsp3) is 0.615. The molecule has 3 heterocycles. The van der Waals surface area contributed by atoms with E-state index in [1.54, 1.807) is 17.5 Å². The van der Waals surface area contributed by atoms with Crippen LogP contribution in [0.3, 0.4) is 0 Å². The summed E-state index contributed by atoms with van der Waals surface area (Å²) in [7, 11) is -3.34. The monoisotopic (exact) mass is 315 g/mol. The number of carbonyl (C=O) groups excluding carboxylic acids is 1. The fourth-order valence-electron chi connectivity index (χ4n) is 3.00. The summed E-state index contributed by atoms with van der Waals surface area (Å²) < 4.78 is 31.7. The van der Waals surface area contributed by atoms with E-state index in [0.29, 0.717) is 23.9 Å². The highest BCUT2D eigenvalue weighted by atomic mass is 32.2. The molecule has 0 spiro atoms. The second-order valence-corrected chi connectivity index (χ2v) is 8.35. The molecule has 0 N–H and O–H groups in total. The van der Waals surface area contributed by atoms with Crippen molar-refractivity contribution >= 4 is 27.3 Å². The van der Waals surface area contributed by atoms with Crippen LogP contribution in [-0.2, 0) is 19.6 Å². The zero-order valence-electron chi connectivity index (χ0n) is 11.0. The Morgan fingerprint density at radius 2 is 2.00 bits per heavy atom. The van der Waals surface area contributed by atoms with E-state index in [2.05, 4.69) is 0 Å². The molecule has 1 unspecified atom stereocenters. The predicted octanol–water partition coefficient (Wildman–Crippen LogP) is 1.71. The maximum absolute atomic E-state index is 12.4. The Bertz CT molecular complexity index is 574. The van der Waals surface area contributed by atoms with Gasteiger partial charge in [-0.15, -0.1) is 11.3 Å². The van der Waals surface area contributed by atoms with E-state index >= 15 is 0 Å². The van der Waals surface area contributed by atoms with Crippen molar-refractivity contribution in [2.24, 2.45) is 11.8 Å². The minimum absolute atomic E-state index is 0.0263. The smallest absolute Gasteiger partial charge is 0.309 e. The molecule has 3 rings (SSSR count). The maximum Gasteiger partial charge on any atom is 0.309 e. The molecule has 2 fully saturated rings. The molecule has 20 heavy (non-hydrogen) atoms. The lowest BCUT2D eigenvalue weighted by atomic mass is 9.84. The molecule has 2 aliphatic rings. The molecule has 0 amide bonds. The number of hydrogen-bond donors (Lipinski definition) is 0. The average Bonchev–Trinajstić information content (AvgIpc) is 3.10. The first-order valence-corrected chi connectivity index (χ1v) is 9.11. The largest absolute Gasteiger partial charge is 0.465 e. The first-order valence-electron chi connectivity index (χ1n) is 6.79. The lowest BCUT2D eigenvalue weighted by Gasteiger charge is -2.32. The summed E-state index contributed by atoms with van der Waals surface area (Å²) in [4.78, 5) is 11.6. The van der Waals surface area contributed by atoms with Crippen molar-refractivity contribution in [3.05, 3.63) is 17.5 Å². The van der Waals surface area contributed by atoms with Gasteiger partial charge in [-0.3, -0.25) is 4.79 Å². The van der Waals surface area contributed by atoms with E-state index in [1.165, 1.54) is 15.6 Å². The molecule has 5 nitrogen and oxygen atoms in total. The Morgan fingerprint density at radius 3 is 2.55 bits per heavy atom. The molecule has 0 bridgehead atoms. The third kappa shape index (κ3) is 2.49. The Balaban J connectivity index is 1.65. The van der Waals surface area contributed by atoms with Crippen molar-refractivity contribution < 1.29 is 17.9 Å². The summed E-state index contributed by atoms with van der Waals surface area (Å²) in [6.45, 7) is 1.50. The Morgan fingerprint density at radius 1 is 1.25 bits per heavy atom. The highest BCUT2D eigenvalue weighted by Gasteiger charge is 2.38. The van der Waals surface area contributed by atoms with E-state index in [-0.39, 0.29) is 17.8 Å². The molecular weight excluding hydrogens is 298 g/mol. The van der Waals surface area contributed by atoms with Gasteiger partial charge in [-0.2, -0.15) is 4.31 Å². The molecule has 0 saturated carbocycles. The van der Waals surface area contributed by atoms with E-state index in [1.807, 2.05) is 0 Å². The number of ether oxygens (including phenoxy) is 1. The first kappa shape index (κ1) is 14.0. The van der Waals surface area contributed by atoms with Crippen molar-refractivity contribution in [1.29, 1.82) is 0 Å². The van der Waals surface area contributed by atoms with E-state index in [4.69, 9.17) is 4.74 Å². The molecule has 2 saturated heterocycles. The van der Waals surface area contributed by atoms with Gasteiger partial charge in [0.15, 0.2) is 0 Å². The van der Waals surface area contributed by atoms with Gasteiger partial charge in [-0.25, -0.2) is 8.42 Å².